The number of rotatable bonds is 4. The number of nitrogens with zero attached hydrogens (tertiary/aromatic N) is 3. The molecule has 118 valence electrons. The van der Waals surface area contributed by atoms with Crippen LogP contribution >= 0.6 is 0 Å². The van der Waals surface area contributed by atoms with E-state index in [1.165, 1.54) is 12.4 Å². The summed E-state index contributed by atoms with van der Waals surface area (Å²) < 4.78 is 1.76. The largest absolute Gasteiger partial charge is 0.349 e. The van der Waals surface area contributed by atoms with Gasteiger partial charge in [0.05, 0.1) is 18.0 Å². The van der Waals surface area contributed by atoms with Gasteiger partial charge in [-0.15, -0.1) is 6.58 Å². The molecule has 0 radical (unpaired) electrons. The first kappa shape index (κ1) is 15.1. The third-order valence-corrected chi connectivity index (χ3v) is 4.08. The molecule has 3 rings (SSSR count). The van der Waals surface area contributed by atoms with E-state index < -0.39 is 0 Å². The molecule has 1 amide bonds. The van der Waals surface area contributed by atoms with E-state index in [2.05, 4.69) is 22.1 Å². The number of aromatic nitrogens is 3. The Morgan fingerprint density at radius 1 is 1.39 bits per heavy atom. The first-order valence-corrected chi connectivity index (χ1v) is 7.59. The first-order valence-electron chi connectivity index (χ1n) is 7.59. The van der Waals surface area contributed by atoms with Gasteiger partial charge < -0.3 is 9.88 Å². The van der Waals surface area contributed by atoms with Crippen LogP contribution in [0.1, 0.15) is 28.0 Å². The molecule has 1 aliphatic rings. The number of hydrogen-bond acceptors (Lipinski definition) is 4. The number of hydrogen-bond donors (Lipinski definition) is 1. The molecular weight excluding hydrogens is 292 g/mol. The van der Waals surface area contributed by atoms with Crippen LogP contribution in [0.5, 0.6) is 0 Å². The van der Waals surface area contributed by atoms with Crippen molar-refractivity contribution in [3.63, 3.8) is 0 Å². The highest BCUT2D eigenvalue weighted by atomic mass is 16.1. The molecule has 0 unspecified atom stereocenters. The Morgan fingerprint density at radius 2 is 2.26 bits per heavy atom. The van der Waals surface area contributed by atoms with Crippen molar-refractivity contribution in [3.8, 4) is 0 Å². The smallest absolute Gasteiger partial charge is 0.253 e. The second-order valence-corrected chi connectivity index (χ2v) is 5.59. The highest BCUT2D eigenvalue weighted by Crippen LogP contribution is 2.20. The van der Waals surface area contributed by atoms with Crippen molar-refractivity contribution in [1.29, 1.82) is 0 Å². The molecule has 0 spiro atoms. The Balaban J connectivity index is 1.76. The number of carbonyl (C=O) groups excluding carboxylic acids is 1. The van der Waals surface area contributed by atoms with Crippen LogP contribution in [0.15, 0.2) is 48.0 Å². The number of fused-ring (bicyclic) bond motifs is 1. The molecule has 0 saturated carbocycles. The molecule has 1 aliphatic carbocycles. The lowest BCUT2D eigenvalue weighted by atomic mass is 9.91. The fraction of sp³-hybridized carbons (Fsp3) is 0.294. The minimum Gasteiger partial charge on any atom is -0.349 e. The Hall–Kier alpha value is -2.76. The SMILES string of the molecule is C=CCn1c2c(ccc1=O)C[C@H](NC(=O)c1ccnnc1)CC2. The second-order valence-electron chi connectivity index (χ2n) is 5.59. The van der Waals surface area contributed by atoms with Crippen LogP contribution in [0.25, 0.3) is 0 Å². The van der Waals surface area contributed by atoms with Gasteiger partial charge in [-0.2, -0.15) is 10.2 Å². The Bertz CT molecular complexity index is 783. The van der Waals surface area contributed by atoms with Gasteiger partial charge in [-0.05, 0) is 30.9 Å². The zero-order chi connectivity index (χ0) is 16.2. The second kappa shape index (κ2) is 6.56. The predicted octanol–water partition coefficient (Wildman–Crippen LogP) is 1.11. The maximum atomic E-state index is 12.2. The molecule has 2 aromatic heterocycles. The van der Waals surface area contributed by atoms with Gasteiger partial charge in [0, 0.05) is 24.3 Å². The van der Waals surface area contributed by atoms with Gasteiger partial charge in [-0.3, -0.25) is 9.59 Å². The molecule has 0 aliphatic heterocycles. The van der Waals surface area contributed by atoms with Crippen LogP contribution in [-0.4, -0.2) is 26.7 Å². The Labute approximate surface area is 133 Å². The molecule has 1 atom stereocenters. The number of amides is 1. The van der Waals surface area contributed by atoms with Gasteiger partial charge in [0.2, 0.25) is 0 Å². The molecule has 0 saturated heterocycles. The van der Waals surface area contributed by atoms with Crippen LogP contribution in [0.4, 0.5) is 0 Å². The van der Waals surface area contributed by atoms with E-state index in [0.29, 0.717) is 12.1 Å². The summed E-state index contributed by atoms with van der Waals surface area (Å²) in [4.78, 5) is 24.2. The van der Waals surface area contributed by atoms with Crippen molar-refractivity contribution in [1.82, 2.24) is 20.1 Å². The van der Waals surface area contributed by atoms with Crippen molar-refractivity contribution in [3.05, 3.63) is 70.4 Å². The third kappa shape index (κ3) is 3.21. The highest BCUT2D eigenvalue weighted by Gasteiger charge is 2.23. The molecular formula is C17H18N4O2. The van der Waals surface area contributed by atoms with Crippen molar-refractivity contribution >= 4 is 5.91 Å². The summed E-state index contributed by atoms with van der Waals surface area (Å²) in [6.07, 6.45) is 6.96. The van der Waals surface area contributed by atoms with Crippen LogP contribution in [0.3, 0.4) is 0 Å². The van der Waals surface area contributed by atoms with Gasteiger partial charge in [-0.1, -0.05) is 12.1 Å². The van der Waals surface area contributed by atoms with E-state index in [1.807, 2.05) is 6.07 Å². The van der Waals surface area contributed by atoms with E-state index >= 15 is 0 Å². The summed E-state index contributed by atoms with van der Waals surface area (Å²) in [6.45, 7) is 4.22. The Morgan fingerprint density at radius 3 is 3.00 bits per heavy atom. The normalized spacial score (nSPS) is 16.4. The molecule has 2 heterocycles. The number of carbonyl (C=O) groups is 1. The molecule has 6 nitrogen and oxygen atoms in total. The standard InChI is InChI=1S/C17H18N4O2/c1-2-9-21-15-5-4-14(10-12(15)3-6-16(21)22)20-17(23)13-7-8-18-19-11-13/h2-3,6-8,11,14H,1,4-5,9-10H2,(H,20,23)/t14-/m1/s1. The van der Waals surface area contributed by atoms with Gasteiger partial charge >= 0.3 is 0 Å². The van der Waals surface area contributed by atoms with E-state index in [1.54, 1.807) is 22.8 Å². The lowest BCUT2D eigenvalue weighted by Crippen LogP contribution is -2.40. The van der Waals surface area contributed by atoms with E-state index in [4.69, 9.17) is 0 Å². The van der Waals surface area contributed by atoms with Gasteiger partial charge in [0.25, 0.3) is 11.5 Å². The molecule has 0 aromatic carbocycles. The molecule has 6 heteroatoms. The maximum Gasteiger partial charge on any atom is 0.253 e. The third-order valence-electron chi connectivity index (χ3n) is 4.08. The maximum absolute atomic E-state index is 12.2. The predicted molar refractivity (Wildman–Crippen MR) is 86.2 cm³/mol. The summed E-state index contributed by atoms with van der Waals surface area (Å²) in [6, 6.07) is 5.14. The zero-order valence-corrected chi connectivity index (χ0v) is 12.7. The average Bonchev–Trinajstić information content (AvgIpc) is 2.58. The van der Waals surface area contributed by atoms with Gasteiger partial charge in [0.1, 0.15) is 0 Å². The summed E-state index contributed by atoms with van der Waals surface area (Å²) >= 11 is 0. The lowest BCUT2D eigenvalue weighted by Gasteiger charge is -2.27. The number of pyridine rings is 1. The lowest BCUT2D eigenvalue weighted by molar-refractivity contribution is 0.0933. The quantitative estimate of drug-likeness (QED) is 0.858. The molecule has 23 heavy (non-hydrogen) atoms. The molecule has 2 aromatic rings. The molecule has 0 fully saturated rings. The first-order chi connectivity index (χ1) is 11.2. The van der Waals surface area contributed by atoms with Crippen molar-refractivity contribution in [2.24, 2.45) is 0 Å². The Kier molecular flexibility index (Phi) is 4.32. The van der Waals surface area contributed by atoms with E-state index in [0.717, 1.165) is 30.5 Å². The minimum absolute atomic E-state index is 0.00556. The van der Waals surface area contributed by atoms with Crippen LogP contribution in [-0.2, 0) is 19.4 Å². The molecule has 1 N–H and O–H groups in total. The fourth-order valence-electron chi connectivity index (χ4n) is 2.97. The minimum atomic E-state index is -0.146. The average molecular weight is 310 g/mol. The van der Waals surface area contributed by atoms with Crippen molar-refractivity contribution in [2.75, 3.05) is 0 Å². The van der Waals surface area contributed by atoms with Crippen molar-refractivity contribution < 1.29 is 4.79 Å². The highest BCUT2D eigenvalue weighted by molar-refractivity contribution is 5.93. The van der Waals surface area contributed by atoms with E-state index in [9.17, 15) is 9.59 Å². The fourth-order valence-corrected chi connectivity index (χ4v) is 2.97. The summed E-state index contributed by atoms with van der Waals surface area (Å²) in [7, 11) is 0. The topological polar surface area (TPSA) is 76.9 Å². The monoisotopic (exact) mass is 310 g/mol. The molecule has 0 bridgehead atoms. The van der Waals surface area contributed by atoms with Crippen molar-refractivity contribution in [2.45, 2.75) is 31.8 Å². The van der Waals surface area contributed by atoms with Gasteiger partial charge in [-0.25, -0.2) is 0 Å². The van der Waals surface area contributed by atoms with Crippen LogP contribution < -0.4 is 10.9 Å². The number of nitrogens with one attached hydrogen (secondary N) is 1. The van der Waals surface area contributed by atoms with Crippen LogP contribution in [0, 0.1) is 0 Å². The summed E-state index contributed by atoms with van der Waals surface area (Å²) in [5.74, 6) is -0.146. The van der Waals surface area contributed by atoms with E-state index in [-0.39, 0.29) is 17.5 Å². The van der Waals surface area contributed by atoms with Crippen LogP contribution in [0.2, 0.25) is 0 Å². The summed E-state index contributed by atoms with van der Waals surface area (Å²) in [5.41, 5.74) is 2.65. The summed E-state index contributed by atoms with van der Waals surface area (Å²) in [5, 5.41) is 10.4. The number of allylic oxidation sites excluding steroid dienone is 1. The zero-order valence-electron chi connectivity index (χ0n) is 12.7. The van der Waals surface area contributed by atoms with Gasteiger partial charge in [0.15, 0.2) is 0 Å².